The molecular formula is C12H11FN6. The summed E-state index contributed by atoms with van der Waals surface area (Å²) in [4.78, 5) is 0. The van der Waals surface area contributed by atoms with Crippen molar-refractivity contribution in [1.82, 2.24) is 24.8 Å². The van der Waals surface area contributed by atoms with Gasteiger partial charge in [0.05, 0.1) is 17.6 Å². The van der Waals surface area contributed by atoms with Gasteiger partial charge in [0.25, 0.3) is 0 Å². The fourth-order valence-electron chi connectivity index (χ4n) is 1.75. The van der Waals surface area contributed by atoms with Gasteiger partial charge in [-0.1, -0.05) is 5.21 Å². The summed E-state index contributed by atoms with van der Waals surface area (Å²) in [7, 11) is 0. The van der Waals surface area contributed by atoms with Gasteiger partial charge in [0.15, 0.2) is 5.82 Å². The van der Waals surface area contributed by atoms with Crippen LogP contribution in [-0.4, -0.2) is 24.8 Å². The Morgan fingerprint density at radius 3 is 2.79 bits per heavy atom. The maximum Gasteiger partial charge on any atom is 0.151 e. The Balaban J connectivity index is 1.99. The molecule has 0 aliphatic heterocycles. The molecule has 0 spiro atoms. The van der Waals surface area contributed by atoms with E-state index in [2.05, 4.69) is 15.4 Å². The predicted octanol–water partition coefficient (Wildman–Crippen LogP) is 1.05. The lowest BCUT2D eigenvalue weighted by molar-refractivity contribution is 0.608. The zero-order valence-electron chi connectivity index (χ0n) is 9.94. The summed E-state index contributed by atoms with van der Waals surface area (Å²) in [6, 6.07) is 6.50. The molecule has 3 rings (SSSR count). The lowest BCUT2D eigenvalue weighted by atomic mass is 10.2. The maximum absolute atomic E-state index is 14.0. The van der Waals surface area contributed by atoms with Gasteiger partial charge in [-0.3, -0.25) is 0 Å². The number of rotatable bonds is 3. The standard InChI is InChI=1S/C12H11FN6/c13-11-6-10(19-8-9(7-14)16-17-19)2-3-12(11)18-5-1-4-15-18/h1-6,8H,7,14H2. The number of aromatic nitrogens is 5. The average molecular weight is 258 g/mol. The van der Waals surface area contributed by atoms with Crippen molar-refractivity contribution in [2.24, 2.45) is 5.73 Å². The quantitative estimate of drug-likeness (QED) is 0.762. The van der Waals surface area contributed by atoms with E-state index in [1.165, 1.54) is 15.4 Å². The van der Waals surface area contributed by atoms with Crippen LogP contribution in [0.3, 0.4) is 0 Å². The number of hydrogen-bond donors (Lipinski definition) is 1. The van der Waals surface area contributed by atoms with Crippen LogP contribution in [0.25, 0.3) is 11.4 Å². The molecule has 3 aromatic rings. The molecule has 0 fully saturated rings. The van der Waals surface area contributed by atoms with E-state index in [1.807, 2.05) is 0 Å². The van der Waals surface area contributed by atoms with Gasteiger partial charge >= 0.3 is 0 Å². The van der Waals surface area contributed by atoms with E-state index in [-0.39, 0.29) is 5.82 Å². The van der Waals surface area contributed by atoms with Crippen molar-refractivity contribution >= 4 is 0 Å². The van der Waals surface area contributed by atoms with E-state index >= 15 is 0 Å². The largest absolute Gasteiger partial charge is 0.325 e. The first-order chi connectivity index (χ1) is 9.28. The fourth-order valence-corrected chi connectivity index (χ4v) is 1.75. The van der Waals surface area contributed by atoms with Gasteiger partial charge in [0.2, 0.25) is 0 Å². The number of hydrogen-bond acceptors (Lipinski definition) is 4. The van der Waals surface area contributed by atoms with Crippen LogP contribution in [0.2, 0.25) is 0 Å². The van der Waals surface area contributed by atoms with Crippen LogP contribution in [0, 0.1) is 5.82 Å². The van der Waals surface area contributed by atoms with E-state index in [1.54, 1.807) is 36.8 Å². The van der Waals surface area contributed by atoms with Crippen molar-refractivity contribution < 1.29 is 4.39 Å². The van der Waals surface area contributed by atoms with Gasteiger partial charge in [0, 0.05) is 25.0 Å². The van der Waals surface area contributed by atoms with Gasteiger partial charge in [-0.05, 0) is 18.2 Å². The van der Waals surface area contributed by atoms with Crippen molar-refractivity contribution in [3.05, 3.63) is 54.4 Å². The van der Waals surface area contributed by atoms with Crippen LogP contribution in [0.5, 0.6) is 0 Å². The molecule has 96 valence electrons. The lowest BCUT2D eigenvalue weighted by Crippen LogP contribution is -2.01. The average Bonchev–Trinajstić information content (AvgIpc) is 3.10. The number of benzene rings is 1. The van der Waals surface area contributed by atoms with Crippen molar-refractivity contribution in [1.29, 1.82) is 0 Å². The second-order valence-corrected chi connectivity index (χ2v) is 3.94. The molecule has 1 aromatic carbocycles. The van der Waals surface area contributed by atoms with Crippen LogP contribution in [0.15, 0.2) is 42.9 Å². The molecule has 6 nitrogen and oxygen atoms in total. The van der Waals surface area contributed by atoms with E-state index in [9.17, 15) is 4.39 Å². The monoisotopic (exact) mass is 258 g/mol. The summed E-state index contributed by atoms with van der Waals surface area (Å²) in [5.74, 6) is -0.383. The zero-order chi connectivity index (χ0) is 13.2. The first-order valence-electron chi connectivity index (χ1n) is 5.69. The summed E-state index contributed by atoms with van der Waals surface area (Å²) >= 11 is 0. The third kappa shape index (κ3) is 2.11. The fraction of sp³-hybridized carbons (Fsp3) is 0.0833. The molecule has 0 bridgehead atoms. The minimum absolute atomic E-state index is 0.299. The number of nitrogens with zero attached hydrogens (tertiary/aromatic N) is 5. The highest BCUT2D eigenvalue weighted by Crippen LogP contribution is 2.16. The minimum Gasteiger partial charge on any atom is -0.325 e. The van der Waals surface area contributed by atoms with E-state index in [4.69, 9.17) is 5.73 Å². The Labute approximate surface area is 108 Å². The Morgan fingerprint density at radius 2 is 2.16 bits per heavy atom. The molecule has 0 aliphatic carbocycles. The Bertz CT molecular complexity index is 688. The third-order valence-corrected chi connectivity index (χ3v) is 2.70. The highest BCUT2D eigenvalue weighted by Gasteiger charge is 2.08. The Hall–Kier alpha value is -2.54. The first kappa shape index (κ1) is 11.5. The second-order valence-electron chi connectivity index (χ2n) is 3.94. The topological polar surface area (TPSA) is 74.5 Å². The molecule has 0 saturated heterocycles. The van der Waals surface area contributed by atoms with Gasteiger partial charge in [-0.15, -0.1) is 5.10 Å². The predicted molar refractivity (Wildman–Crippen MR) is 66.3 cm³/mol. The van der Waals surface area contributed by atoms with Crippen LogP contribution in [0.1, 0.15) is 5.69 Å². The Morgan fingerprint density at radius 1 is 1.26 bits per heavy atom. The SMILES string of the molecule is NCc1cn(-c2ccc(-n3cccn3)c(F)c2)nn1. The molecule has 7 heteroatoms. The second kappa shape index (κ2) is 4.62. The molecule has 0 amide bonds. The van der Waals surface area contributed by atoms with Gasteiger partial charge in [-0.2, -0.15) is 5.10 Å². The van der Waals surface area contributed by atoms with Crippen molar-refractivity contribution in [3.63, 3.8) is 0 Å². The molecule has 19 heavy (non-hydrogen) atoms. The van der Waals surface area contributed by atoms with E-state index < -0.39 is 0 Å². The van der Waals surface area contributed by atoms with Crippen LogP contribution in [-0.2, 0) is 6.54 Å². The number of nitrogens with two attached hydrogens (primary N) is 1. The summed E-state index contributed by atoms with van der Waals surface area (Å²) in [6.45, 7) is 0.299. The lowest BCUT2D eigenvalue weighted by Gasteiger charge is -2.05. The van der Waals surface area contributed by atoms with Crippen LogP contribution < -0.4 is 5.73 Å². The molecule has 0 saturated carbocycles. The molecule has 2 aromatic heterocycles. The minimum atomic E-state index is -0.383. The summed E-state index contributed by atoms with van der Waals surface area (Å²) < 4.78 is 17.0. The highest BCUT2D eigenvalue weighted by atomic mass is 19.1. The molecular weight excluding hydrogens is 247 g/mol. The molecule has 0 radical (unpaired) electrons. The van der Waals surface area contributed by atoms with Crippen LogP contribution in [0.4, 0.5) is 4.39 Å². The Kier molecular flexibility index (Phi) is 2.81. The van der Waals surface area contributed by atoms with Crippen molar-refractivity contribution in [3.8, 4) is 11.4 Å². The van der Waals surface area contributed by atoms with Gasteiger partial charge in [-0.25, -0.2) is 13.8 Å². The molecule has 0 unspecified atom stereocenters. The molecule has 0 atom stereocenters. The summed E-state index contributed by atoms with van der Waals surface area (Å²) in [6.07, 6.45) is 4.95. The van der Waals surface area contributed by atoms with E-state index in [0.29, 0.717) is 23.6 Å². The molecule has 2 heterocycles. The maximum atomic E-state index is 14.0. The van der Waals surface area contributed by atoms with Gasteiger partial charge in [0.1, 0.15) is 5.69 Å². The van der Waals surface area contributed by atoms with Gasteiger partial charge < -0.3 is 5.73 Å². The van der Waals surface area contributed by atoms with Crippen molar-refractivity contribution in [2.45, 2.75) is 6.54 Å². The zero-order valence-corrected chi connectivity index (χ0v) is 9.94. The van der Waals surface area contributed by atoms with Crippen molar-refractivity contribution in [2.75, 3.05) is 0 Å². The summed E-state index contributed by atoms with van der Waals surface area (Å²) in [5.41, 5.74) is 7.07. The highest BCUT2D eigenvalue weighted by molar-refractivity contribution is 5.42. The normalized spacial score (nSPS) is 10.8. The number of halogens is 1. The van der Waals surface area contributed by atoms with Crippen LogP contribution >= 0.6 is 0 Å². The van der Waals surface area contributed by atoms with E-state index in [0.717, 1.165) is 0 Å². The smallest absolute Gasteiger partial charge is 0.151 e. The molecule has 0 aliphatic rings. The first-order valence-corrected chi connectivity index (χ1v) is 5.69. The molecule has 2 N–H and O–H groups in total. The third-order valence-electron chi connectivity index (χ3n) is 2.70. The summed E-state index contributed by atoms with van der Waals surface area (Å²) in [5, 5.41) is 11.7.